The number of hydrogen-bond acceptors (Lipinski definition) is 3. The molecule has 0 spiro atoms. The number of hydrogen-bond donors (Lipinski definition) is 1. The van der Waals surface area contributed by atoms with Crippen LogP contribution in [0.25, 0.3) is 0 Å². The van der Waals surface area contributed by atoms with Crippen molar-refractivity contribution in [2.24, 2.45) is 0 Å². The molecule has 146 valence electrons. The van der Waals surface area contributed by atoms with Crippen molar-refractivity contribution in [1.29, 1.82) is 0 Å². The predicted molar refractivity (Wildman–Crippen MR) is 109 cm³/mol. The molecule has 0 radical (unpaired) electrons. The Bertz CT molecular complexity index is 730. The van der Waals surface area contributed by atoms with E-state index in [1.165, 1.54) is 5.56 Å². The highest BCUT2D eigenvalue weighted by molar-refractivity contribution is 5.81. The second-order valence-corrected chi connectivity index (χ2v) is 7.79. The van der Waals surface area contributed by atoms with Gasteiger partial charge in [0, 0.05) is 0 Å². The summed E-state index contributed by atoms with van der Waals surface area (Å²) >= 11 is 0. The van der Waals surface area contributed by atoms with E-state index in [-0.39, 0.29) is 17.4 Å². The highest BCUT2D eigenvalue weighted by Gasteiger charge is 2.21. The average Bonchev–Trinajstić information content (AvgIpc) is 2.65. The molecule has 0 aliphatic carbocycles. The van der Waals surface area contributed by atoms with E-state index in [9.17, 15) is 4.79 Å². The summed E-state index contributed by atoms with van der Waals surface area (Å²) in [5.41, 5.74) is 2.35. The molecular weight excluding hydrogens is 338 g/mol. The Labute approximate surface area is 162 Å². The van der Waals surface area contributed by atoms with E-state index in [2.05, 4.69) is 38.2 Å². The maximum absolute atomic E-state index is 12.7. The predicted octanol–water partition coefficient (Wildman–Crippen LogP) is 5.03. The zero-order chi connectivity index (χ0) is 20.0. The summed E-state index contributed by atoms with van der Waals surface area (Å²) in [6, 6.07) is 15.6. The molecule has 27 heavy (non-hydrogen) atoms. The Morgan fingerprint density at radius 1 is 1.00 bits per heavy atom. The van der Waals surface area contributed by atoms with Crippen molar-refractivity contribution in [2.45, 2.75) is 58.6 Å². The minimum atomic E-state index is -0.522. The first kappa shape index (κ1) is 20.8. The lowest BCUT2D eigenvalue weighted by Crippen LogP contribution is -2.39. The van der Waals surface area contributed by atoms with Gasteiger partial charge in [-0.3, -0.25) is 4.79 Å². The van der Waals surface area contributed by atoms with Crippen molar-refractivity contribution < 1.29 is 14.3 Å². The van der Waals surface area contributed by atoms with Gasteiger partial charge in [0.05, 0.1) is 13.2 Å². The van der Waals surface area contributed by atoms with Crippen LogP contribution in [0.3, 0.4) is 0 Å². The SMILES string of the molecule is CCC(Oc1ccc(C(C)(C)C)cc1)C(=O)NC(C)c1ccc(OC)cc1. The van der Waals surface area contributed by atoms with Gasteiger partial charge in [-0.25, -0.2) is 0 Å². The second kappa shape index (κ2) is 8.94. The van der Waals surface area contributed by atoms with Crippen LogP contribution in [0.2, 0.25) is 0 Å². The van der Waals surface area contributed by atoms with E-state index in [4.69, 9.17) is 9.47 Å². The molecule has 4 heteroatoms. The zero-order valence-electron chi connectivity index (χ0n) is 17.2. The van der Waals surface area contributed by atoms with Crippen LogP contribution in [0, 0.1) is 0 Å². The largest absolute Gasteiger partial charge is 0.497 e. The molecule has 0 saturated carbocycles. The van der Waals surface area contributed by atoms with Gasteiger partial charge in [-0.2, -0.15) is 0 Å². The minimum Gasteiger partial charge on any atom is -0.497 e. The maximum atomic E-state index is 12.7. The van der Waals surface area contributed by atoms with Crippen LogP contribution in [-0.2, 0) is 10.2 Å². The Kier molecular flexibility index (Phi) is 6.89. The highest BCUT2D eigenvalue weighted by Crippen LogP contribution is 2.25. The lowest BCUT2D eigenvalue weighted by molar-refractivity contribution is -0.128. The molecule has 2 atom stereocenters. The van der Waals surface area contributed by atoms with E-state index < -0.39 is 6.10 Å². The van der Waals surface area contributed by atoms with E-state index in [0.717, 1.165) is 11.3 Å². The van der Waals surface area contributed by atoms with E-state index in [0.29, 0.717) is 12.2 Å². The Hall–Kier alpha value is -2.49. The quantitative estimate of drug-likeness (QED) is 0.745. The molecule has 2 aromatic carbocycles. The van der Waals surface area contributed by atoms with Crippen molar-refractivity contribution >= 4 is 5.91 Å². The first-order valence-electron chi connectivity index (χ1n) is 9.46. The van der Waals surface area contributed by atoms with Crippen LogP contribution in [0.4, 0.5) is 0 Å². The third-order valence-corrected chi connectivity index (χ3v) is 4.64. The fourth-order valence-corrected chi connectivity index (χ4v) is 2.80. The molecule has 2 aromatic rings. The highest BCUT2D eigenvalue weighted by atomic mass is 16.5. The van der Waals surface area contributed by atoms with Crippen LogP contribution in [-0.4, -0.2) is 19.1 Å². The number of ether oxygens (including phenoxy) is 2. The molecule has 2 unspecified atom stereocenters. The summed E-state index contributed by atoms with van der Waals surface area (Å²) in [4.78, 5) is 12.7. The second-order valence-electron chi connectivity index (χ2n) is 7.79. The lowest BCUT2D eigenvalue weighted by Gasteiger charge is -2.22. The normalized spacial score (nSPS) is 13.6. The first-order chi connectivity index (χ1) is 12.7. The number of benzene rings is 2. The van der Waals surface area contributed by atoms with Crippen LogP contribution in [0.15, 0.2) is 48.5 Å². The Balaban J connectivity index is 2.00. The molecule has 0 fully saturated rings. The van der Waals surface area contributed by atoms with Gasteiger partial charge in [0.25, 0.3) is 5.91 Å². The summed E-state index contributed by atoms with van der Waals surface area (Å²) in [6.07, 6.45) is 0.0773. The monoisotopic (exact) mass is 369 g/mol. The molecule has 0 aliphatic rings. The molecule has 0 aliphatic heterocycles. The van der Waals surface area contributed by atoms with Gasteiger partial charge < -0.3 is 14.8 Å². The van der Waals surface area contributed by atoms with E-state index in [1.807, 2.05) is 50.2 Å². The van der Waals surface area contributed by atoms with Gasteiger partial charge in [0.1, 0.15) is 11.5 Å². The van der Waals surface area contributed by atoms with Gasteiger partial charge in [0.2, 0.25) is 0 Å². The molecule has 4 nitrogen and oxygen atoms in total. The van der Waals surface area contributed by atoms with Gasteiger partial charge in [0.15, 0.2) is 6.10 Å². The summed E-state index contributed by atoms with van der Waals surface area (Å²) in [7, 11) is 1.64. The molecular formula is C23H31NO3. The summed E-state index contributed by atoms with van der Waals surface area (Å²) in [6.45, 7) is 10.4. The van der Waals surface area contributed by atoms with Crippen molar-refractivity contribution in [1.82, 2.24) is 5.32 Å². The van der Waals surface area contributed by atoms with Crippen molar-refractivity contribution in [2.75, 3.05) is 7.11 Å². The molecule has 0 saturated heterocycles. The third-order valence-electron chi connectivity index (χ3n) is 4.64. The van der Waals surface area contributed by atoms with Crippen LogP contribution < -0.4 is 14.8 Å². The molecule has 0 heterocycles. The van der Waals surface area contributed by atoms with Crippen LogP contribution in [0.1, 0.15) is 58.2 Å². The number of amides is 1. The molecule has 0 aromatic heterocycles. The topological polar surface area (TPSA) is 47.6 Å². The van der Waals surface area contributed by atoms with E-state index in [1.54, 1.807) is 7.11 Å². The number of nitrogens with one attached hydrogen (secondary N) is 1. The number of rotatable bonds is 7. The van der Waals surface area contributed by atoms with Crippen molar-refractivity contribution in [3.05, 3.63) is 59.7 Å². The summed E-state index contributed by atoms with van der Waals surface area (Å²) < 4.78 is 11.1. The molecule has 1 amide bonds. The van der Waals surface area contributed by atoms with Crippen molar-refractivity contribution in [3.8, 4) is 11.5 Å². The lowest BCUT2D eigenvalue weighted by atomic mass is 9.87. The summed E-state index contributed by atoms with van der Waals surface area (Å²) in [5, 5.41) is 3.04. The summed E-state index contributed by atoms with van der Waals surface area (Å²) in [5.74, 6) is 1.40. The first-order valence-corrected chi connectivity index (χ1v) is 9.46. The average molecular weight is 370 g/mol. The van der Waals surface area contributed by atoms with Gasteiger partial charge in [-0.05, 0) is 54.2 Å². The van der Waals surface area contributed by atoms with Gasteiger partial charge >= 0.3 is 0 Å². The van der Waals surface area contributed by atoms with Crippen LogP contribution >= 0.6 is 0 Å². The third kappa shape index (κ3) is 5.75. The standard InChI is InChI=1S/C23H31NO3/c1-7-21(27-20-14-10-18(11-15-20)23(3,4)5)22(25)24-16(2)17-8-12-19(26-6)13-9-17/h8-16,21H,7H2,1-6H3,(H,24,25). The maximum Gasteiger partial charge on any atom is 0.261 e. The van der Waals surface area contributed by atoms with Gasteiger partial charge in [-0.1, -0.05) is 52.0 Å². The fourth-order valence-electron chi connectivity index (χ4n) is 2.80. The van der Waals surface area contributed by atoms with Crippen molar-refractivity contribution in [3.63, 3.8) is 0 Å². The molecule has 0 bridgehead atoms. The number of carbonyl (C=O) groups is 1. The molecule has 2 rings (SSSR count). The minimum absolute atomic E-state index is 0.0911. The van der Waals surface area contributed by atoms with Gasteiger partial charge in [-0.15, -0.1) is 0 Å². The van der Waals surface area contributed by atoms with E-state index >= 15 is 0 Å². The Morgan fingerprint density at radius 2 is 1.56 bits per heavy atom. The number of methoxy groups -OCH3 is 1. The number of carbonyl (C=O) groups excluding carboxylic acids is 1. The van der Waals surface area contributed by atoms with Crippen LogP contribution in [0.5, 0.6) is 11.5 Å². The fraction of sp³-hybridized carbons (Fsp3) is 0.435. The smallest absolute Gasteiger partial charge is 0.261 e. The zero-order valence-corrected chi connectivity index (χ0v) is 17.2. The molecule has 1 N–H and O–H groups in total. The Morgan fingerprint density at radius 3 is 2.04 bits per heavy atom.